The molecule has 0 aromatic heterocycles. The Bertz CT molecular complexity index is 1350. The van der Waals surface area contributed by atoms with Crippen molar-refractivity contribution in [3.63, 3.8) is 0 Å². The van der Waals surface area contributed by atoms with E-state index in [4.69, 9.17) is 9.47 Å². The van der Waals surface area contributed by atoms with E-state index in [2.05, 4.69) is 0 Å². The summed E-state index contributed by atoms with van der Waals surface area (Å²) in [6.45, 7) is 2.19. The van der Waals surface area contributed by atoms with Crippen LogP contribution < -0.4 is 14.5 Å². The topological polar surface area (TPSA) is 99.6 Å². The van der Waals surface area contributed by atoms with Gasteiger partial charge < -0.3 is 29.3 Å². The Morgan fingerprint density at radius 2 is 1.62 bits per heavy atom. The molecule has 0 aliphatic carbocycles. The molecule has 1 spiro atoms. The molecule has 208 valence electrons. The van der Waals surface area contributed by atoms with Gasteiger partial charge in [0.05, 0.1) is 37.7 Å². The summed E-state index contributed by atoms with van der Waals surface area (Å²) in [5.74, 6) is -1.95. The largest absolute Gasteiger partial charge is 0.497 e. The Balaban J connectivity index is 1.45. The lowest BCUT2D eigenvalue weighted by molar-refractivity contribution is -0.144. The normalized spacial score (nSPS) is 30.1. The summed E-state index contributed by atoms with van der Waals surface area (Å²) in [5, 5.41) is 10.3. The molecule has 3 amide bonds. The predicted octanol–water partition coefficient (Wildman–Crippen LogP) is 2.55. The highest BCUT2D eigenvalue weighted by molar-refractivity contribution is 6.07. The van der Waals surface area contributed by atoms with Crippen LogP contribution in [0.5, 0.6) is 5.75 Å². The first-order valence-electron chi connectivity index (χ1n) is 13.7. The van der Waals surface area contributed by atoms with Gasteiger partial charge in [0.15, 0.2) is 0 Å². The van der Waals surface area contributed by atoms with Gasteiger partial charge in [0.2, 0.25) is 11.8 Å². The quantitative estimate of drug-likeness (QED) is 0.563. The number of hydrogen-bond acceptors (Lipinski definition) is 6. The Morgan fingerprint density at radius 3 is 2.30 bits per heavy atom. The number of benzene rings is 2. The molecule has 4 heterocycles. The van der Waals surface area contributed by atoms with Crippen molar-refractivity contribution >= 4 is 29.1 Å². The van der Waals surface area contributed by atoms with Gasteiger partial charge in [-0.2, -0.15) is 0 Å². The summed E-state index contributed by atoms with van der Waals surface area (Å²) in [5.41, 5.74) is 0.0314. The number of para-hydroxylation sites is 1. The maximum atomic E-state index is 14.4. The van der Waals surface area contributed by atoms with Crippen LogP contribution in [0.3, 0.4) is 0 Å². The minimum absolute atomic E-state index is 0.217. The molecule has 4 aliphatic heterocycles. The zero-order chi connectivity index (χ0) is 28.0. The van der Waals surface area contributed by atoms with E-state index in [9.17, 15) is 19.5 Å². The number of aliphatic hydroxyl groups excluding tert-OH is 1. The molecule has 6 atom stereocenters. The molecule has 2 aromatic carbocycles. The molecule has 9 nitrogen and oxygen atoms in total. The van der Waals surface area contributed by atoms with Crippen LogP contribution in [0, 0.1) is 11.8 Å². The van der Waals surface area contributed by atoms with Gasteiger partial charge in [0.25, 0.3) is 5.91 Å². The monoisotopic (exact) mass is 543 g/mol. The Labute approximate surface area is 233 Å². The lowest BCUT2D eigenvalue weighted by atomic mass is 9.77. The van der Waals surface area contributed by atoms with Crippen molar-refractivity contribution in [3.05, 3.63) is 78.9 Å². The number of carbonyl (C=O) groups is 3. The zero-order valence-corrected chi connectivity index (χ0v) is 22.6. The maximum Gasteiger partial charge on any atom is 0.253 e. The molecule has 6 rings (SSSR count). The minimum atomic E-state index is -1.35. The lowest BCUT2D eigenvalue weighted by Crippen LogP contribution is -2.58. The van der Waals surface area contributed by atoms with E-state index in [0.717, 1.165) is 5.69 Å². The predicted molar refractivity (Wildman–Crippen MR) is 149 cm³/mol. The molecule has 9 heteroatoms. The molecule has 2 aromatic rings. The number of carbonyl (C=O) groups excluding carboxylic acids is 3. The van der Waals surface area contributed by atoms with Crippen LogP contribution in [0.25, 0.3) is 0 Å². The van der Waals surface area contributed by atoms with Gasteiger partial charge in [-0.3, -0.25) is 14.4 Å². The van der Waals surface area contributed by atoms with E-state index >= 15 is 0 Å². The molecule has 1 N–H and O–H groups in total. The van der Waals surface area contributed by atoms with Crippen molar-refractivity contribution in [1.82, 2.24) is 4.90 Å². The fourth-order valence-electron chi connectivity index (χ4n) is 6.72. The third kappa shape index (κ3) is 3.87. The van der Waals surface area contributed by atoms with Crippen molar-refractivity contribution < 1.29 is 29.0 Å². The van der Waals surface area contributed by atoms with Crippen molar-refractivity contribution in [3.8, 4) is 5.75 Å². The number of fused-ring (bicyclic) bond motifs is 2. The fourth-order valence-corrected chi connectivity index (χ4v) is 6.72. The summed E-state index contributed by atoms with van der Waals surface area (Å²) in [4.78, 5) is 47.8. The highest BCUT2D eigenvalue weighted by Gasteiger charge is 2.72. The maximum absolute atomic E-state index is 14.4. The number of ether oxygens (including phenoxy) is 2. The van der Waals surface area contributed by atoms with Gasteiger partial charge in [-0.1, -0.05) is 49.4 Å². The molecule has 2 saturated heterocycles. The first-order valence-corrected chi connectivity index (χ1v) is 13.7. The van der Waals surface area contributed by atoms with E-state index in [0.29, 0.717) is 24.4 Å². The van der Waals surface area contributed by atoms with Gasteiger partial charge in [0, 0.05) is 24.5 Å². The standard InChI is InChI=1S/C31H33N3O6/c1-3-20(19-35)34-27-30(38)33(22-12-14-23(39-2)15-13-22)18-8-16-31(27)26(29(34)37)25-24(40-31)11-7-17-32(28(25)36)21-9-5-4-6-10-21/h4-16,20,24-27,35H,3,17-19H2,1-2H3/t20-,24+,25-,26-,27?,31-/m0/s1. The van der Waals surface area contributed by atoms with Crippen LogP contribution in [-0.2, 0) is 19.1 Å². The van der Waals surface area contributed by atoms with E-state index in [1.807, 2.05) is 61.6 Å². The van der Waals surface area contributed by atoms with Gasteiger partial charge in [-0.25, -0.2) is 0 Å². The average Bonchev–Trinajstić information content (AvgIpc) is 3.30. The molecule has 2 fully saturated rings. The molecular formula is C31H33N3O6. The first kappa shape index (κ1) is 26.3. The molecule has 0 radical (unpaired) electrons. The second kappa shape index (κ2) is 10.2. The Morgan fingerprint density at radius 1 is 0.950 bits per heavy atom. The lowest BCUT2D eigenvalue weighted by Gasteiger charge is -2.38. The zero-order valence-electron chi connectivity index (χ0n) is 22.6. The first-order chi connectivity index (χ1) is 19.4. The van der Waals surface area contributed by atoms with Gasteiger partial charge in [-0.05, 0) is 42.8 Å². The van der Waals surface area contributed by atoms with Crippen molar-refractivity contribution in [2.45, 2.75) is 37.1 Å². The molecule has 0 saturated carbocycles. The Hall–Kier alpha value is -3.95. The minimum Gasteiger partial charge on any atom is -0.497 e. The fraction of sp³-hybridized carbons (Fsp3) is 0.387. The smallest absolute Gasteiger partial charge is 0.253 e. The highest BCUT2D eigenvalue weighted by atomic mass is 16.5. The molecule has 4 aliphatic rings. The van der Waals surface area contributed by atoms with Gasteiger partial charge in [-0.15, -0.1) is 0 Å². The number of rotatable bonds is 6. The molecule has 1 unspecified atom stereocenters. The molecular weight excluding hydrogens is 510 g/mol. The van der Waals surface area contributed by atoms with Gasteiger partial charge >= 0.3 is 0 Å². The van der Waals surface area contributed by atoms with Crippen molar-refractivity contribution in [2.75, 3.05) is 36.6 Å². The second-order valence-electron chi connectivity index (χ2n) is 10.6. The number of aliphatic hydroxyl groups is 1. The summed E-state index contributed by atoms with van der Waals surface area (Å²) in [7, 11) is 1.58. The number of amides is 3. The highest BCUT2D eigenvalue weighted by Crippen LogP contribution is 2.54. The van der Waals surface area contributed by atoms with Crippen LogP contribution >= 0.6 is 0 Å². The third-order valence-electron chi connectivity index (χ3n) is 8.62. The summed E-state index contributed by atoms with van der Waals surface area (Å²) < 4.78 is 12.0. The van der Waals surface area contributed by atoms with Gasteiger partial charge in [0.1, 0.15) is 17.4 Å². The number of hydrogen-bond donors (Lipinski definition) is 1. The van der Waals surface area contributed by atoms with E-state index in [1.165, 1.54) is 4.90 Å². The number of methoxy groups -OCH3 is 1. The summed E-state index contributed by atoms with van der Waals surface area (Å²) in [6.07, 6.45) is 7.17. The van der Waals surface area contributed by atoms with Crippen LogP contribution in [0.1, 0.15) is 13.3 Å². The van der Waals surface area contributed by atoms with E-state index in [1.54, 1.807) is 41.2 Å². The van der Waals surface area contributed by atoms with Crippen LogP contribution in [0.4, 0.5) is 11.4 Å². The van der Waals surface area contributed by atoms with Crippen molar-refractivity contribution in [1.29, 1.82) is 0 Å². The number of likely N-dealkylation sites (tertiary alicyclic amines) is 1. The number of anilines is 2. The summed E-state index contributed by atoms with van der Waals surface area (Å²) in [6, 6.07) is 14.9. The third-order valence-corrected chi connectivity index (χ3v) is 8.62. The molecule has 40 heavy (non-hydrogen) atoms. The van der Waals surface area contributed by atoms with Crippen molar-refractivity contribution in [2.24, 2.45) is 11.8 Å². The summed E-state index contributed by atoms with van der Waals surface area (Å²) >= 11 is 0. The van der Waals surface area contributed by atoms with E-state index < -0.39 is 35.6 Å². The van der Waals surface area contributed by atoms with Crippen LogP contribution in [0.2, 0.25) is 0 Å². The number of nitrogens with zero attached hydrogens (tertiary/aromatic N) is 3. The SMILES string of the molecule is CC[C@@H](CO)N1C(=O)[C@@H]2[C@H]3C(=O)N(c4ccccc4)CC=C[C@H]3O[C@@]23C=CCN(c2ccc(OC)cc2)C(=O)C13. The molecule has 0 bridgehead atoms. The van der Waals surface area contributed by atoms with Crippen LogP contribution in [-0.4, -0.2) is 78.3 Å². The second-order valence-corrected chi connectivity index (χ2v) is 10.6. The Kier molecular flexibility index (Phi) is 6.72. The van der Waals surface area contributed by atoms with Crippen LogP contribution in [0.15, 0.2) is 78.9 Å². The van der Waals surface area contributed by atoms with E-state index in [-0.39, 0.29) is 30.9 Å². The average molecular weight is 544 g/mol.